The first-order chi connectivity index (χ1) is 7.67. The van der Waals surface area contributed by atoms with Crippen LogP contribution in [0.5, 0.6) is 0 Å². The molecule has 0 bridgehead atoms. The lowest BCUT2D eigenvalue weighted by Crippen LogP contribution is -2.31. The first-order valence-electron chi connectivity index (χ1n) is 5.17. The minimum absolute atomic E-state index is 0.0135. The lowest BCUT2D eigenvalue weighted by atomic mass is 10.1. The Balaban J connectivity index is 2.74. The fourth-order valence-corrected chi connectivity index (χ4v) is 1.69. The molecule has 1 rings (SSSR count). The Morgan fingerprint density at radius 2 is 2.31 bits per heavy atom. The maximum Gasteiger partial charge on any atom is 0.238 e. The van der Waals surface area contributed by atoms with E-state index in [1.54, 1.807) is 11.0 Å². The van der Waals surface area contributed by atoms with E-state index in [0.717, 1.165) is 5.56 Å². The molecule has 0 saturated carbocycles. The molecule has 0 aliphatic carbocycles. The van der Waals surface area contributed by atoms with Gasteiger partial charge in [-0.3, -0.25) is 4.79 Å². The number of hydrogen-bond acceptors (Lipinski definition) is 1. The van der Waals surface area contributed by atoms with Gasteiger partial charge in [0.25, 0.3) is 0 Å². The van der Waals surface area contributed by atoms with Crippen molar-refractivity contribution in [1.29, 1.82) is 0 Å². The van der Waals surface area contributed by atoms with Crippen LogP contribution in [0, 0.1) is 6.92 Å². The van der Waals surface area contributed by atoms with Crippen molar-refractivity contribution < 1.29 is 4.79 Å². The van der Waals surface area contributed by atoms with Crippen molar-refractivity contribution in [2.45, 2.75) is 13.5 Å². The van der Waals surface area contributed by atoms with Gasteiger partial charge in [-0.05, 0) is 12.5 Å². The first kappa shape index (κ1) is 12.8. The maximum absolute atomic E-state index is 11.5. The smallest absolute Gasteiger partial charge is 0.238 e. The van der Waals surface area contributed by atoms with E-state index in [9.17, 15) is 4.79 Å². The highest BCUT2D eigenvalue weighted by atomic mass is 35.5. The molecule has 1 amide bonds. The van der Waals surface area contributed by atoms with Gasteiger partial charge in [-0.1, -0.05) is 35.9 Å². The van der Waals surface area contributed by atoms with Crippen molar-refractivity contribution in [3.05, 3.63) is 48.0 Å². The summed E-state index contributed by atoms with van der Waals surface area (Å²) in [5.41, 5.74) is 2.30. The number of nitrogens with zero attached hydrogens (tertiary/aromatic N) is 1. The summed E-state index contributed by atoms with van der Waals surface area (Å²) in [5, 5.41) is 0. The van der Waals surface area contributed by atoms with Crippen LogP contribution in [0.3, 0.4) is 0 Å². The van der Waals surface area contributed by atoms with Crippen molar-refractivity contribution >= 4 is 17.5 Å². The summed E-state index contributed by atoms with van der Waals surface area (Å²) < 4.78 is 0. The normalized spacial score (nSPS) is 9.88. The average Bonchev–Trinajstić information content (AvgIpc) is 2.27. The predicted octanol–water partition coefficient (Wildman–Crippen LogP) is 2.75. The molecule has 16 heavy (non-hydrogen) atoms. The van der Waals surface area contributed by atoms with Crippen LogP contribution in [0.4, 0.5) is 0 Å². The minimum Gasteiger partial charge on any atom is -0.334 e. The van der Waals surface area contributed by atoms with E-state index < -0.39 is 0 Å². The van der Waals surface area contributed by atoms with Crippen molar-refractivity contribution in [2.24, 2.45) is 0 Å². The molecule has 0 aliphatic rings. The van der Waals surface area contributed by atoms with E-state index in [-0.39, 0.29) is 11.8 Å². The number of rotatable bonds is 5. The van der Waals surface area contributed by atoms with E-state index in [1.165, 1.54) is 5.56 Å². The van der Waals surface area contributed by atoms with E-state index in [2.05, 4.69) is 12.6 Å². The van der Waals surface area contributed by atoms with Crippen LogP contribution in [-0.2, 0) is 11.3 Å². The highest BCUT2D eigenvalue weighted by Gasteiger charge is 2.10. The molecule has 86 valence electrons. The van der Waals surface area contributed by atoms with E-state index in [1.807, 2.05) is 25.1 Å². The van der Waals surface area contributed by atoms with Crippen LogP contribution in [-0.4, -0.2) is 23.2 Å². The molecule has 0 spiro atoms. The molecule has 0 heterocycles. The van der Waals surface area contributed by atoms with Crippen LogP contribution in [0.25, 0.3) is 0 Å². The number of aryl methyl sites for hydroxylation is 1. The van der Waals surface area contributed by atoms with Crippen LogP contribution >= 0.6 is 11.6 Å². The van der Waals surface area contributed by atoms with Crippen LogP contribution in [0.1, 0.15) is 11.1 Å². The summed E-state index contributed by atoms with van der Waals surface area (Å²) in [6, 6.07) is 8.09. The molecule has 0 aromatic heterocycles. The highest BCUT2D eigenvalue weighted by molar-refractivity contribution is 6.27. The Hall–Kier alpha value is -1.28. The van der Waals surface area contributed by atoms with Gasteiger partial charge in [-0.25, -0.2) is 0 Å². The number of hydrogen-bond donors (Lipinski definition) is 0. The SMILES string of the molecule is C=CCN(Cc1cccc(C)c1)C(=O)CCl. The molecule has 3 heteroatoms. The topological polar surface area (TPSA) is 20.3 Å². The van der Waals surface area contributed by atoms with Gasteiger partial charge >= 0.3 is 0 Å². The second-order valence-electron chi connectivity index (χ2n) is 3.69. The molecule has 0 saturated heterocycles. The molecule has 1 aromatic rings. The van der Waals surface area contributed by atoms with Crippen molar-refractivity contribution in [2.75, 3.05) is 12.4 Å². The zero-order valence-corrected chi connectivity index (χ0v) is 10.2. The van der Waals surface area contributed by atoms with Crippen molar-refractivity contribution in [1.82, 2.24) is 4.90 Å². The second-order valence-corrected chi connectivity index (χ2v) is 3.95. The summed E-state index contributed by atoms with van der Waals surface area (Å²) in [6.07, 6.45) is 1.71. The lowest BCUT2D eigenvalue weighted by molar-refractivity contribution is -0.128. The third-order valence-corrected chi connectivity index (χ3v) is 2.50. The third-order valence-electron chi connectivity index (χ3n) is 2.27. The largest absolute Gasteiger partial charge is 0.334 e. The fourth-order valence-electron chi connectivity index (χ4n) is 1.53. The van der Waals surface area contributed by atoms with Crippen molar-refractivity contribution in [3.8, 4) is 0 Å². The fraction of sp³-hybridized carbons (Fsp3) is 0.308. The lowest BCUT2D eigenvalue weighted by Gasteiger charge is -2.20. The number of amides is 1. The number of carbonyl (C=O) groups excluding carboxylic acids is 1. The number of carbonyl (C=O) groups is 1. The van der Waals surface area contributed by atoms with Crippen molar-refractivity contribution in [3.63, 3.8) is 0 Å². The highest BCUT2D eigenvalue weighted by Crippen LogP contribution is 2.08. The van der Waals surface area contributed by atoms with Crippen LogP contribution in [0.2, 0.25) is 0 Å². The van der Waals surface area contributed by atoms with Gasteiger partial charge in [-0.15, -0.1) is 18.2 Å². The number of benzene rings is 1. The monoisotopic (exact) mass is 237 g/mol. The molecule has 0 fully saturated rings. The molecule has 0 atom stereocenters. The summed E-state index contributed by atoms with van der Waals surface area (Å²) >= 11 is 5.55. The standard InChI is InChI=1S/C13H16ClNO/c1-3-7-15(13(16)9-14)10-12-6-4-5-11(2)8-12/h3-6,8H,1,7,9-10H2,2H3. The summed E-state index contributed by atoms with van der Waals surface area (Å²) in [6.45, 7) is 6.78. The molecule has 0 unspecified atom stereocenters. The summed E-state index contributed by atoms with van der Waals surface area (Å²) in [5.74, 6) is -0.0531. The molecule has 0 radical (unpaired) electrons. The van der Waals surface area contributed by atoms with E-state index >= 15 is 0 Å². The van der Waals surface area contributed by atoms with Gasteiger partial charge in [0.15, 0.2) is 0 Å². The molecule has 0 aliphatic heterocycles. The quantitative estimate of drug-likeness (QED) is 0.570. The van der Waals surface area contributed by atoms with Gasteiger partial charge in [0.05, 0.1) is 0 Å². The van der Waals surface area contributed by atoms with Gasteiger partial charge < -0.3 is 4.90 Å². The van der Waals surface area contributed by atoms with E-state index in [4.69, 9.17) is 11.6 Å². The molecule has 0 N–H and O–H groups in total. The number of halogens is 1. The van der Waals surface area contributed by atoms with Crippen LogP contribution < -0.4 is 0 Å². The Morgan fingerprint density at radius 1 is 1.56 bits per heavy atom. The Bertz CT molecular complexity index is 376. The van der Waals surface area contributed by atoms with Crippen LogP contribution in [0.15, 0.2) is 36.9 Å². The van der Waals surface area contributed by atoms with Gasteiger partial charge in [-0.2, -0.15) is 0 Å². The van der Waals surface area contributed by atoms with Gasteiger partial charge in [0.2, 0.25) is 5.91 Å². The maximum atomic E-state index is 11.5. The first-order valence-corrected chi connectivity index (χ1v) is 5.71. The van der Waals surface area contributed by atoms with Gasteiger partial charge in [0, 0.05) is 13.1 Å². The van der Waals surface area contributed by atoms with E-state index in [0.29, 0.717) is 13.1 Å². The Labute approximate surface area is 102 Å². The number of alkyl halides is 1. The Morgan fingerprint density at radius 3 is 2.88 bits per heavy atom. The summed E-state index contributed by atoms with van der Waals surface area (Å²) in [7, 11) is 0. The molecular weight excluding hydrogens is 222 g/mol. The predicted molar refractivity (Wildman–Crippen MR) is 67.5 cm³/mol. The molecule has 2 nitrogen and oxygen atoms in total. The van der Waals surface area contributed by atoms with Gasteiger partial charge in [0.1, 0.15) is 5.88 Å². The second kappa shape index (κ2) is 6.33. The third kappa shape index (κ3) is 3.70. The molecular formula is C13H16ClNO. The Kier molecular flexibility index (Phi) is 5.06. The molecule has 1 aromatic carbocycles. The minimum atomic E-state index is -0.0666. The summed E-state index contributed by atoms with van der Waals surface area (Å²) in [4.78, 5) is 13.2. The average molecular weight is 238 g/mol. The zero-order valence-electron chi connectivity index (χ0n) is 9.45. The zero-order chi connectivity index (χ0) is 12.0.